The van der Waals surface area contributed by atoms with Crippen LogP contribution in [-0.4, -0.2) is 18.0 Å². The van der Waals surface area contributed by atoms with Gasteiger partial charge in [-0.05, 0) is 79.2 Å². The lowest BCUT2D eigenvalue weighted by atomic mass is 10.1. The van der Waals surface area contributed by atoms with E-state index < -0.39 is 0 Å². The standard InChI is InChI=1S/C27H26N2O3/c1-17-8-9-18(2)24(14-17)29(27(31)20-10-12-23(32-4)13-11-20)16-22-15-21-7-5-6-19(3)25(21)28-26(22)30/h5-15H,16H2,1-4H3,(H,28,30). The summed E-state index contributed by atoms with van der Waals surface area (Å²) in [5.41, 5.74) is 5.49. The molecule has 3 aromatic carbocycles. The van der Waals surface area contributed by atoms with Crippen LogP contribution in [0, 0.1) is 20.8 Å². The highest BCUT2D eigenvalue weighted by Crippen LogP contribution is 2.26. The molecule has 1 heterocycles. The van der Waals surface area contributed by atoms with E-state index in [4.69, 9.17) is 4.74 Å². The lowest BCUT2D eigenvalue weighted by molar-refractivity contribution is 0.0985. The minimum Gasteiger partial charge on any atom is -0.497 e. The van der Waals surface area contributed by atoms with Crippen molar-refractivity contribution >= 4 is 22.5 Å². The number of aryl methyl sites for hydroxylation is 3. The number of carbonyl (C=O) groups excluding carboxylic acids is 1. The maximum Gasteiger partial charge on any atom is 0.258 e. The molecule has 1 amide bonds. The predicted molar refractivity (Wildman–Crippen MR) is 129 cm³/mol. The number of amides is 1. The minimum atomic E-state index is -0.190. The van der Waals surface area contributed by atoms with Gasteiger partial charge in [-0.15, -0.1) is 0 Å². The molecule has 4 aromatic rings. The van der Waals surface area contributed by atoms with E-state index in [2.05, 4.69) is 4.98 Å². The van der Waals surface area contributed by atoms with Crippen LogP contribution in [0.4, 0.5) is 5.69 Å². The number of ether oxygens (including phenoxy) is 1. The van der Waals surface area contributed by atoms with Crippen molar-refractivity contribution in [3.05, 3.63) is 105 Å². The number of nitrogens with one attached hydrogen (secondary N) is 1. The quantitative estimate of drug-likeness (QED) is 0.470. The molecule has 5 nitrogen and oxygen atoms in total. The van der Waals surface area contributed by atoms with Crippen LogP contribution in [0.15, 0.2) is 71.5 Å². The SMILES string of the molecule is COc1ccc(C(=O)N(Cc2cc3cccc(C)c3[nH]c2=O)c2cc(C)ccc2C)cc1. The van der Waals surface area contributed by atoms with Crippen molar-refractivity contribution < 1.29 is 9.53 Å². The Balaban J connectivity index is 1.81. The van der Waals surface area contributed by atoms with Crippen molar-refractivity contribution in [2.45, 2.75) is 27.3 Å². The van der Waals surface area contributed by atoms with E-state index in [1.54, 1.807) is 36.3 Å². The molecule has 4 rings (SSSR count). The van der Waals surface area contributed by atoms with Crippen LogP contribution in [0.2, 0.25) is 0 Å². The van der Waals surface area contributed by atoms with Crippen molar-refractivity contribution in [1.29, 1.82) is 0 Å². The number of H-pyrrole nitrogens is 1. The molecule has 0 unspecified atom stereocenters. The highest BCUT2D eigenvalue weighted by molar-refractivity contribution is 6.06. The molecule has 0 bridgehead atoms. The highest BCUT2D eigenvalue weighted by Gasteiger charge is 2.22. The van der Waals surface area contributed by atoms with E-state index in [9.17, 15) is 9.59 Å². The first-order valence-electron chi connectivity index (χ1n) is 10.5. The molecular weight excluding hydrogens is 400 g/mol. The molecule has 0 radical (unpaired) electrons. The van der Waals surface area contributed by atoms with E-state index in [1.807, 2.05) is 63.2 Å². The van der Waals surface area contributed by atoms with Crippen LogP contribution in [0.1, 0.15) is 32.6 Å². The van der Waals surface area contributed by atoms with Gasteiger partial charge in [0.2, 0.25) is 0 Å². The average molecular weight is 427 g/mol. The number of aromatic amines is 1. The van der Waals surface area contributed by atoms with Gasteiger partial charge in [0.25, 0.3) is 11.5 Å². The van der Waals surface area contributed by atoms with Crippen LogP contribution in [0.5, 0.6) is 5.75 Å². The summed E-state index contributed by atoms with van der Waals surface area (Å²) in [6, 6.07) is 20.8. The summed E-state index contributed by atoms with van der Waals surface area (Å²) in [4.78, 5) is 31.2. The second-order valence-corrected chi connectivity index (χ2v) is 8.07. The van der Waals surface area contributed by atoms with E-state index in [0.717, 1.165) is 33.3 Å². The molecule has 5 heteroatoms. The van der Waals surface area contributed by atoms with Crippen LogP contribution in [0.3, 0.4) is 0 Å². The van der Waals surface area contributed by atoms with E-state index in [-0.39, 0.29) is 18.0 Å². The molecule has 0 aliphatic rings. The third-order valence-corrected chi connectivity index (χ3v) is 5.73. The highest BCUT2D eigenvalue weighted by atomic mass is 16.5. The number of benzene rings is 3. The second kappa shape index (κ2) is 8.71. The Morgan fingerprint density at radius 3 is 2.41 bits per heavy atom. The first kappa shape index (κ1) is 21.4. The Labute approximate surface area is 187 Å². The number of para-hydroxylation sites is 1. The Kier molecular flexibility index (Phi) is 5.82. The Morgan fingerprint density at radius 1 is 0.938 bits per heavy atom. The fourth-order valence-electron chi connectivity index (χ4n) is 3.88. The molecule has 32 heavy (non-hydrogen) atoms. The molecule has 0 saturated carbocycles. The first-order valence-corrected chi connectivity index (χ1v) is 10.5. The number of pyridine rings is 1. The maximum absolute atomic E-state index is 13.6. The first-order chi connectivity index (χ1) is 15.4. The molecule has 162 valence electrons. The maximum atomic E-state index is 13.6. The van der Waals surface area contributed by atoms with Gasteiger partial charge in [0.15, 0.2) is 0 Å². The van der Waals surface area contributed by atoms with Gasteiger partial charge in [0, 0.05) is 16.8 Å². The molecule has 1 aromatic heterocycles. The smallest absolute Gasteiger partial charge is 0.258 e. The number of hydrogen-bond donors (Lipinski definition) is 1. The zero-order chi connectivity index (χ0) is 22.8. The molecule has 0 spiro atoms. The summed E-state index contributed by atoms with van der Waals surface area (Å²) < 4.78 is 5.22. The summed E-state index contributed by atoms with van der Waals surface area (Å²) in [5, 5.41) is 0.942. The average Bonchev–Trinajstić information content (AvgIpc) is 2.80. The normalized spacial score (nSPS) is 10.9. The molecular formula is C27H26N2O3. The third-order valence-electron chi connectivity index (χ3n) is 5.73. The van der Waals surface area contributed by atoms with E-state index in [0.29, 0.717) is 16.9 Å². The molecule has 1 N–H and O–H groups in total. The van der Waals surface area contributed by atoms with Crippen molar-refractivity contribution in [2.24, 2.45) is 0 Å². The molecule has 0 aliphatic heterocycles. The number of aromatic nitrogens is 1. The number of fused-ring (bicyclic) bond motifs is 1. The molecule has 0 saturated heterocycles. The number of carbonyl (C=O) groups is 1. The van der Waals surface area contributed by atoms with Gasteiger partial charge in [-0.3, -0.25) is 9.59 Å². The minimum absolute atomic E-state index is 0.161. The van der Waals surface area contributed by atoms with E-state index in [1.165, 1.54) is 0 Å². The van der Waals surface area contributed by atoms with Crippen molar-refractivity contribution in [3.8, 4) is 5.75 Å². The fraction of sp³-hybridized carbons (Fsp3) is 0.185. The lowest BCUT2D eigenvalue weighted by Gasteiger charge is -2.25. The second-order valence-electron chi connectivity index (χ2n) is 8.07. The van der Waals surface area contributed by atoms with Gasteiger partial charge in [-0.25, -0.2) is 0 Å². The third kappa shape index (κ3) is 4.14. The summed E-state index contributed by atoms with van der Waals surface area (Å²) >= 11 is 0. The number of nitrogens with zero attached hydrogens (tertiary/aromatic N) is 1. The van der Waals surface area contributed by atoms with Crippen LogP contribution >= 0.6 is 0 Å². The zero-order valence-corrected chi connectivity index (χ0v) is 18.7. The van der Waals surface area contributed by atoms with Crippen LogP contribution in [-0.2, 0) is 6.54 Å². The Bertz CT molecular complexity index is 1350. The Hall–Kier alpha value is -3.86. The summed E-state index contributed by atoms with van der Waals surface area (Å²) in [7, 11) is 1.59. The number of methoxy groups -OCH3 is 1. The predicted octanol–water partition coefficient (Wildman–Crippen LogP) is 5.31. The fourth-order valence-corrected chi connectivity index (χ4v) is 3.88. The van der Waals surface area contributed by atoms with E-state index >= 15 is 0 Å². The number of hydrogen-bond acceptors (Lipinski definition) is 3. The summed E-state index contributed by atoms with van der Waals surface area (Å²) in [6.07, 6.45) is 0. The Morgan fingerprint density at radius 2 is 1.69 bits per heavy atom. The monoisotopic (exact) mass is 426 g/mol. The van der Waals surface area contributed by atoms with Crippen LogP contribution in [0.25, 0.3) is 10.9 Å². The number of rotatable bonds is 5. The van der Waals surface area contributed by atoms with Gasteiger partial charge in [0.05, 0.1) is 19.2 Å². The summed E-state index contributed by atoms with van der Waals surface area (Å²) in [6.45, 7) is 6.09. The topological polar surface area (TPSA) is 62.4 Å². The van der Waals surface area contributed by atoms with Crippen molar-refractivity contribution in [2.75, 3.05) is 12.0 Å². The van der Waals surface area contributed by atoms with Gasteiger partial charge in [0.1, 0.15) is 5.75 Å². The van der Waals surface area contributed by atoms with Crippen molar-refractivity contribution in [3.63, 3.8) is 0 Å². The summed E-state index contributed by atoms with van der Waals surface area (Å²) in [5.74, 6) is 0.506. The zero-order valence-electron chi connectivity index (χ0n) is 18.7. The largest absolute Gasteiger partial charge is 0.497 e. The van der Waals surface area contributed by atoms with Crippen LogP contribution < -0.4 is 15.2 Å². The molecule has 0 fully saturated rings. The molecule has 0 aliphatic carbocycles. The van der Waals surface area contributed by atoms with Gasteiger partial charge in [-0.1, -0.05) is 30.3 Å². The molecule has 0 atom stereocenters. The van der Waals surface area contributed by atoms with Gasteiger partial charge in [-0.2, -0.15) is 0 Å². The lowest BCUT2D eigenvalue weighted by Crippen LogP contribution is -2.33. The van der Waals surface area contributed by atoms with Gasteiger partial charge >= 0.3 is 0 Å². The van der Waals surface area contributed by atoms with Gasteiger partial charge < -0.3 is 14.6 Å². The van der Waals surface area contributed by atoms with Crippen molar-refractivity contribution in [1.82, 2.24) is 4.98 Å². The number of anilines is 1.